The summed E-state index contributed by atoms with van der Waals surface area (Å²) < 4.78 is 5.37. The van der Waals surface area contributed by atoms with E-state index in [1.54, 1.807) is 7.05 Å². The van der Waals surface area contributed by atoms with E-state index in [1.165, 1.54) is 5.56 Å². The molecule has 0 saturated carbocycles. The number of aliphatic imine (C=N–C) groups is 1. The van der Waals surface area contributed by atoms with Crippen molar-refractivity contribution in [2.24, 2.45) is 4.99 Å². The number of guanidine groups is 1. The van der Waals surface area contributed by atoms with E-state index in [1.807, 2.05) is 54.6 Å². The highest BCUT2D eigenvalue weighted by Crippen LogP contribution is 2.14. The van der Waals surface area contributed by atoms with E-state index in [0.29, 0.717) is 6.54 Å². The van der Waals surface area contributed by atoms with Crippen molar-refractivity contribution < 1.29 is 9.84 Å². The van der Waals surface area contributed by atoms with Crippen molar-refractivity contribution in [3.63, 3.8) is 0 Å². The van der Waals surface area contributed by atoms with Crippen molar-refractivity contribution in [1.29, 1.82) is 0 Å². The fraction of sp³-hybridized carbons (Fsp3) is 0.318. The maximum atomic E-state index is 9.64. The molecule has 27 heavy (non-hydrogen) atoms. The summed E-state index contributed by atoms with van der Waals surface area (Å²) >= 11 is 0. The molecular formula is C22H27N3O2. The zero-order valence-electron chi connectivity index (χ0n) is 15.7. The fourth-order valence-corrected chi connectivity index (χ4v) is 2.66. The molecule has 1 atom stereocenters. The minimum Gasteiger partial charge on any atom is -0.481 e. The summed E-state index contributed by atoms with van der Waals surface area (Å²) in [6.07, 6.45) is 6.04. The van der Waals surface area contributed by atoms with Crippen LogP contribution in [0, 0.1) is 12.3 Å². The molecule has 0 aromatic heterocycles. The molecule has 0 fully saturated rings. The van der Waals surface area contributed by atoms with Crippen molar-refractivity contribution in [2.45, 2.75) is 12.3 Å². The van der Waals surface area contributed by atoms with Crippen LogP contribution < -0.4 is 15.4 Å². The summed E-state index contributed by atoms with van der Waals surface area (Å²) in [5.41, 5.74) is 2.30. The maximum absolute atomic E-state index is 9.64. The summed E-state index contributed by atoms with van der Waals surface area (Å²) in [6.45, 7) is 1.73. The van der Waals surface area contributed by atoms with Crippen molar-refractivity contribution in [3.05, 3.63) is 65.7 Å². The molecule has 5 nitrogen and oxygen atoms in total. The predicted molar refractivity (Wildman–Crippen MR) is 110 cm³/mol. The molecule has 0 aliphatic rings. The van der Waals surface area contributed by atoms with E-state index in [-0.39, 0.29) is 19.1 Å². The SMILES string of the molecule is C#CCOc1ccc(CCNC(=NC)NCC(CO)c2ccccc2)cc1. The van der Waals surface area contributed by atoms with Gasteiger partial charge in [-0.15, -0.1) is 6.42 Å². The summed E-state index contributed by atoms with van der Waals surface area (Å²) in [5.74, 6) is 3.98. The first-order chi connectivity index (χ1) is 13.3. The Morgan fingerprint density at radius 3 is 2.52 bits per heavy atom. The van der Waals surface area contributed by atoms with Crippen LogP contribution in [0.15, 0.2) is 59.6 Å². The highest BCUT2D eigenvalue weighted by molar-refractivity contribution is 5.79. The minimum absolute atomic E-state index is 0.0281. The van der Waals surface area contributed by atoms with E-state index >= 15 is 0 Å². The predicted octanol–water partition coefficient (Wildman–Crippen LogP) is 2.18. The Bertz CT molecular complexity index is 736. The van der Waals surface area contributed by atoms with Gasteiger partial charge in [0.05, 0.1) is 6.61 Å². The molecule has 2 aromatic rings. The van der Waals surface area contributed by atoms with Crippen LogP contribution in [0.5, 0.6) is 5.75 Å². The lowest BCUT2D eigenvalue weighted by Crippen LogP contribution is -2.40. The fourth-order valence-electron chi connectivity index (χ4n) is 2.66. The molecule has 0 heterocycles. The monoisotopic (exact) mass is 365 g/mol. The van der Waals surface area contributed by atoms with Gasteiger partial charge in [0.1, 0.15) is 12.4 Å². The molecular weight excluding hydrogens is 338 g/mol. The molecule has 0 saturated heterocycles. The van der Waals surface area contributed by atoms with Gasteiger partial charge in [0.15, 0.2) is 5.96 Å². The zero-order chi connectivity index (χ0) is 19.3. The van der Waals surface area contributed by atoms with E-state index in [2.05, 4.69) is 21.5 Å². The molecule has 0 radical (unpaired) electrons. The topological polar surface area (TPSA) is 65.9 Å². The van der Waals surface area contributed by atoms with Gasteiger partial charge in [-0.1, -0.05) is 48.4 Å². The Morgan fingerprint density at radius 1 is 1.15 bits per heavy atom. The second-order valence-corrected chi connectivity index (χ2v) is 6.06. The minimum atomic E-state index is 0.0281. The lowest BCUT2D eigenvalue weighted by atomic mass is 10.0. The Hall–Kier alpha value is -2.97. The van der Waals surface area contributed by atoms with Crippen molar-refractivity contribution in [2.75, 3.05) is 33.4 Å². The lowest BCUT2D eigenvalue weighted by Gasteiger charge is -2.18. The van der Waals surface area contributed by atoms with Gasteiger partial charge in [0.25, 0.3) is 0 Å². The van der Waals surface area contributed by atoms with Crippen LogP contribution in [-0.4, -0.2) is 44.4 Å². The van der Waals surface area contributed by atoms with Crippen LogP contribution in [0.3, 0.4) is 0 Å². The van der Waals surface area contributed by atoms with Crippen LogP contribution in [0.2, 0.25) is 0 Å². The maximum Gasteiger partial charge on any atom is 0.191 e. The number of hydrogen-bond donors (Lipinski definition) is 3. The van der Waals surface area contributed by atoms with Gasteiger partial charge in [-0.3, -0.25) is 4.99 Å². The highest BCUT2D eigenvalue weighted by Gasteiger charge is 2.10. The van der Waals surface area contributed by atoms with Crippen LogP contribution in [0.25, 0.3) is 0 Å². The summed E-state index contributed by atoms with van der Waals surface area (Å²) in [4.78, 5) is 4.24. The van der Waals surface area contributed by atoms with E-state index in [9.17, 15) is 5.11 Å². The van der Waals surface area contributed by atoms with Crippen LogP contribution >= 0.6 is 0 Å². The van der Waals surface area contributed by atoms with Crippen molar-refractivity contribution >= 4 is 5.96 Å². The average molecular weight is 365 g/mol. The Kier molecular flexibility index (Phi) is 8.75. The first kappa shape index (κ1) is 20.3. The molecule has 0 amide bonds. The number of aliphatic hydroxyl groups excluding tert-OH is 1. The standard InChI is InChI=1S/C22H27N3O2/c1-3-15-27-21-11-9-18(10-12-21)13-14-24-22(23-2)25-16-20(17-26)19-7-5-4-6-8-19/h1,4-12,20,26H,13-17H2,2H3,(H2,23,24,25). The normalized spacial score (nSPS) is 12.1. The summed E-state index contributed by atoms with van der Waals surface area (Å²) in [6, 6.07) is 17.9. The van der Waals surface area contributed by atoms with Crippen molar-refractivity contribution in [3.8, 4) is 18.1 Å². The molecule has 5 heteroatoms. The number of nitrogens with zero attached hydrogens (tertiary/aromatic N) is 1. The van der Waals surface area contributed by atoms with E-state index in [0.717, 1.165) is 30.2 Å². The average Bonchev–Trinajstić information content (AvgIpc) is 2.73. The smallest absolute Gasteiger partial charge is 0.191 e. The molecule has 2 rings (SSSR count). The molecule has 142 valence electrons. The third kappa shape index (κ3) is 7.04. The molecule has 3 N–H and O–H groups in total. The first-order valence-electron chi connectivity index (χ1n) is 9.02. The summed E-state index contributed by atoms with van der Waals surface area (Å²) in [7, 11) is 1.74. The second kappa shape index (κ2) is 11.6. The number of ether oxygens (including phenoxy) is 1. The largest absolute Gasteiger partial charge is 0.481 e. The van der Waals surface area contributed by atoms with Gasteiger partial charge in [0, 0.05) is 26.1 Å². The van der Waals surface area contributed by atoms with Crippen LogP contribution in [-0.2, 0) is 6.42 Å². The summed E-state index contributed by atoms with van der Waals surface area (Å²) in [5, 5.41) is 16.2. The molecule has 2 aromatic carbocycles. The van der Waals surface area contributed by atoms with E-state index in [4.69, 9.17) is 11.2 Å². The number of nitrogens with one attached hydrogen (secondary N) is 2. The molecule has 0 spiro atoms. The van der Waals surface area contributed by atoms with Crippen LogP contribution in [0.4, 0.5) is 0 Å². The highest BCUT2D eigenvalue weighted by atomic mass is 16.5. The third-order valence-electron chi connectivity index (χ3n) is 4.18. The zero-order valence-corrected chi connectivity index (χ0v) is 15.7. The Balaban J connectivity index is 1.76. The molecule has 1 unspecified atom stereocenters. The van der Waals surface area contributed by atoms with E-state index < -0.39 is 0 Å². The van der Waals surface area contributed by atoms with Gasteiger partial charge >= 0.3 is 0 Å². The van der Waals surface area contributed by atoms with Gasteiger partial charge in [-0.25, -0.2) is 0 Å². The lowest BCUT2D eigenvalue weighted by molar-refractivity contribution is 0.265. The molecule has 0 aliphatic carbocycles. The second-order valence-electron chi connectivity index (χ2n) is 6.06. The van der Waals surface area contributed by atoms with Gasteiger partial charge in [-0.05, 0) is 29.7 Å². The number of rotatable bonds is 9. The number of terminal acetylenes is 1. The molecule has 0 aliphatic heterocycles. The number of benzene rings is 2. The Labute approximate surface area is 161 Å². The third-order valence-corrected chi connectivity index (χ3v) is 4.18. The number of aliphatic hydroxyl groups is 1. The van der Waals surface area contributed by atoms with Gasteiger partial charge in [-0.2, -0.15) is 0 Å². The number of hydrogen-bond acceptors (Lipinski definition) is 3. The van der Waals surface area contributed by atoms with Gasteiger partial charge in [0.2, 0.25) is 0 Å². The Morgan fingerprint density at radius 2 is 1.89 bits per heavy atom. The quantitative estimate of drug-likeness (QED) is 0.362. The van der Waals surface area contributed by atoms with Crippen molar-refractivity contribution in [1.82, 2.24) is 10.6 Å². The molecule has 0 bridgehead atoms. The first-order valence-corrected chi connectivity index (χ1v) is 9.02. The van der Waals surface area contributed by atoms with Gasteiger partial charge < -0.3 is 20.5 Å². The van der Waals surface area contributed by atoms with Crippen LogP contribution in [0.1, 0.15) is 17.0 Å².